The van der Waals surface area contributed by atoms with Gasteiger partial charge < -0.3 is 16.0 Å². The third-order valence-electron chi connectivity index (χ3n) is 3.53. The first-order chi connectivity index (χ1) is 7.74. The molecule has 1 atom stereocenters. The highest BCUT2D eigenvalue weighted by Crippen LogP contribution is 2.29. The molecule has 1 aliphatic rings. The topological polar surface area (TPSA) is 41.3 Å². The molecule has 0 aliphatic carbocycles. The van der Waals surface area contributed by atoms with E-state index in [0.717, 1.165) is 17.3 Å². The molecule has 0 saturated carbocycles. The van der Waals surface area contributed by atoms with Crippen molar-refractivity contribution >= 4 is 17.1 Å². The summed E-state index contributed by atoms with van der Waals surface area (Å²) < 4.78 is 0. The molecule has 0 spiro atoms. The Bertz CT molecular complexity index is 362. The summed E-state index contributed by atoms with van der Waals surface area (Å²) in [6.45, 7) is 4.63. The van der Waals surface area contributed by atoms with E-state index in [1.807, 2.05) is 13.1 Å². The Balaban J connectivity index is 2.15. The van der Waals surface area contributed by atoms with Crippen LogP contribution in [-0.4, -0.2) is 20.1 Å². The van der Waals surface area contributed by atoms with Crippen LogP contribution in [0.1, 0.15) is 19.8 Å². The Morgan fingerprint density at radius 2 is 2.31 bits per heavy atom. The number of nitrogens with one attached hydrogen (secondary N) is 1. The van der Waals surface area contributed by atoms with Crippen molar-refractivity contribution in [2.75, 3.05) is 36.1 Å². The van der Waals surface area contributed by atoms with E-state index in [0.29, 0.717) is 0 Å². The molecule has 0 aromatic heterocycles. The summed E-state index contributed by atoms with van der Waals surface area (Å²) in [7, 11) is 1.91. The van der Waals surface area contributed by atoms with E-state index in [9.17, 15) is 0 Å². The molecule has 0 amide bonds. The van der Waals surface area contributed by atoms with Gasteiger partial charge in [-0.2, -0.15) is 0 Å². The van der Waals surface area contributed by atoms with Crippen molar-refractivity contribution in [3.05, 3.63) is 18.2 Å². The molecule has 3 heteroatoms. The minimum absolute atomic E-state index is 0.817. The maximum absolute atomic E-state index is 5.87. The number of benzene rings is 1. The van der Waals surface area contributed by atoms with E-state index >= 15 is 0 Å². The first-order valence-corrected chi connectivity index (χ1v) is 6.06. The molecule has 0 unspecified atom stereocenters. The van der Waals surface area contributed by atoms with Gasteiger partial charge in [-0.05, 0) is 30.5 Å². The molecule has 3 nitrogen and oxygen atoms in total. The van der Waals surface area contributed by atoms with Crippen LogP contribution in [0.3, 0.4) is 0 Å². The molecular formula is C13H21N3. The average Bonchev–Trinajstić information content (AvgIpc) is 2.78. The number of nitrogens with zero attached hydrogens (tertiary/aromatic N) is 1. The lowest BCUT2D eigenvalue weighted by Gasteiger charge is -2.20. The van der Waals surface area contributed by atoms with Crippen molar-refractivity contribution in [3.63, 3.8) is 0 Å². The molecule has 0 bridgehead atoms. The fraction of sp³-hybridized carbons (Fsp3) is 0.538. The second-order valence-electron chi connectivity index (χ2n) is 4.53. The molecule has 3 N–H and O–H groups in total. The summed E-state index contributed by atoms with van der Waals surface area (Å²) in [5.41, 5.74) is 9.00. The molecule has 2 rings (SSSR count). The van der Waals surface area contributed by atoms with Gasteiger partial charge in [0.1, 0.15) is 0 Å². The Kier molecular flexibility index (Phi) is 3.22. The number of nitrogens with two attached hydrogens (primary N) is 1. The summed E-state index contributed by atoms with van der Waals surface area (Å²) >= 11 is 0. The Morgan fingerprint density at radius 1 is 1.50 bits per heavy atom. The van der Waals surface area contributed by atoms with Gasteiger partial charge >= 0.3 is 0 Å². The molecule has 1 heterocycles. The highest BCUT2D eigenvalue weighted by molar-refractivity contribution is 5.72. The number of nitrogen functional groups attached to an aromatic ring is 1. The molecular weight excluding hydrogens is 198 g/mol. The summed E-state index contributed by atoms with van der Waals surface area (Å²) in [6, 6.07) is 6.25. The second kappa shape index (κ2) is 4.64. The van der Waals surface area contributed by atoms with E-state index in [2.05, 4.69) is 29.3 Å². The zero-order valence-corrected chi connectivity index (χ0v) is 10.2. The fourth-order valence-electron chi connectivity index (χ4n) is 2.36. The zero-order chi connectivity index (χ0) is 11.5. The maximum Gasteiger partial charge on any atom is 0.0592 e. The predicted molar refractivity (Wildman–Crippen MR) is 71.0 cm³/mol. The Labute approximate surface area is 97.6 Å². The summed E-state index contributed by atoms with van der Waals surface area (Å²) in [5.74, 6) is 0.857. The first-order valence-electron chi connectivity index (χ1n) is 6.06. The second-order valence-corrected chi connectivity index (χ2v) is 4.53. The van der Waals surface area contributed by atoms with Crippen LogP contribution in [0, 0.1) is 5.92 Å². The lowest BCUT2D eigenvalue weighted by Crippen LogP contribution is -2.19. The summed E-state index contributed by atoms with van der Waals surface area (Å²) in [5, 5.41) is 3.13. The van der Waals surface area contributed by atoms with E-state index in [-0.39, 0.29) is 0 Å². The zero-order valence-electron chi connectivity index (χ0n) is 10.2. The quantitative estimate of drug-likeness (QED) is 0.768. The van der Waals surface area contributed by atoms with Gasteiger partial charge in [0.15, 0.2) is 0 Å². The minimum atomic E-state index is 0.817. The van der Waals surface area contributed by atoms with Crippen LogP contribution in [0.15, 0.2) is 18.2 Å². The molecule has 1 aromatic rings. The molecule has 1 fully saturated rings. The van der Waals surface area contributed by atoms with Gasteiger partial charge in [0, 0.05) is 25.8 Å². The molecule has 88 valence electrons. The standard InChI is InChI=1S/C13H21N3/c1-3-10-6-7-16(9-10)11-4-5-12(14)13(8-11)15-2/h4-5,8,10,15H,3,6-7,9,14H2,1-2H3/t10-/m1/s1. The highest BCUT2D eigenvalue weighted by atomic mass is 15.2. The van der Waals surface area contributed by atoms with Gasteiger partial charge in [0.05, 0.1) is 11.4 Å². The van der Waals surface area contributed by atoms with Crippen LogP contribution >= 0.6 is 0 Å². The number of anilines is 3. The number of rotatable bonds is 3. The third-order valence-corrected chi connectivity index (χ3v) is 3.53. The predicted octanol–water partition coefficient (Wildman–Crippen LogP) is 2.55. The van der Waals surface area contributed by atoms with Gasteiger partial charge in [0.2, 0.25) is 0 Å². The van der Waals surface area contributed by atoms with Gasteiger partial charge in [-0.15, -0.1) is 0 Å². The van der Waals surface area contributed by atoms with E-state index < -0.39 is 0 Å². The van der Waals surface area contributed by atoms with E-state index in [4.69, 9.17) is 5.73 Å². The van der Waals surface area contributed by atoms with Crippen molar-refractivity contribution < 1.29 is 0 Å². The van der Waals surface area contributed by atoms with Crippen LogP contribution in [0.25, 0.3) is 0 Å². The molecule has 1 aliphatic heterocycles. The molecule has 1 aromatic carbocycles. The third kappa shape index (κ3) is 2.08. The maximum atomic E-state index is 5.87. The largest absolute Gasteiger partial charge is 0.397 e. The molecule has 1 saturated heterocycles. The van der Waals surface area contributed by atoms with Crippen molar-refractivity contribution in [3.8, 4) is 0 Å². The lowest BCUT2D eigenvalue weighted by atomic mass is 10.1. The lowest BCUT2D eigenvalue weighted by molar-refractivity contribution is 0.569. The van der Waals surface area contributed by atoms with Crippen LogP contribution < -0.4 is 16.0 Å². The van der Waals surface area contributed by atoms with Gasteiger partial charge in [-0.25, -0.2) is 0 Å². The van der Waals surface area contributed by atoms with Gasteiger partial charge in [-0.1, -0.05) is 13.3 Å². The van der Waals surface area contributed by atoms with Crippen LogP contribution in [-0.2, 0) is 0 Å². The smallest absolute Gasteiger partial charge is 0.0592 e. The van der Waals surface area contributed by atoms with Crippen LogP contribution in [0.5, 0.6) is 0 Å². The minimum Gasteiger partial charge on any atom is -0.397 e. The van der Waals surface area contributed by atoms with E-state index in [1.165, 1.54) is 31.6 Å². The van der Waals surface area contributed by atoms with Crippen molar-refractivity contribution in [1.29, 1.82) is 0 Å². The monoisotopic (exact) mass is 219 g/mol. The number of hydrogen-bond donors (Lipinski definition) is 2. The van der Waals surface area contributed by atoms with Gasteiger partial charge in [-0.3, -0.25) is 0 Å². The van der Waals surface area contributed by atoms with Crippen LogP contribution in [0.4, 0.5) is 17.1 Å². The summed E-state index contributed by atoms with van der Waals surface area (Å²) in [4.78, 5) is 2.45. The van der Waals surface area contributed by atoms with Gasteiger partial charge in [0.25, 0.3) is 0 Å². The normalized spacial score (nSPS) is 20.1. The Hall–Kier alpha value is -1.38. The Morgan fingerprint density at radius 3 is 2.94 bits per heavy atom. The first kappa shape index (κ1) is 11.1. The molecule has 16 heavy (non-hydrogen) atoms. The van der Waals surface area contributed by atoms with Crippen LogP contribution in [0.2, 0.25) is 0 Å². The summed E-state index contributed by atoms with van der Waals surface area (Å²) in [6.07, 6.45) is 2.60. The average molecular weight is 219 g/mol. The van der Waals surface area contributed by atoms with Crippen molar-refractivity contribution in [2.24, 2.45) is 5.92 Å². The van der Waals surface area contributed by atoms with Crippen molar-refractivity contribution in [2.45, 2.75) is 19.8 Å². The number of hydrogen-bond acceptors (Lipinski definition) is 3. The van der Waals surface area contributed by atoms with Crippen molar-refractivity contribution in [1.82, 2.24) is 0 Å². The fourth-order valence-corrected chi connectivity index (χ4v) is 2.36. The SMILES string of the molecule is CC[C@@H]1CCN(c2ccc(N)c(NC)c2)C1. The van der Waals surface area contributed by atoms with E-state index in [1.54, 1.807) is 0 Å². The molecule has 0 radical (unpaired) electrons. The highest BCUT2D eigenvalue weighted by Gasteiger charge is 2.21.